The van der Waals surface area contributed by atoms with Crippen molar-refractivity contribution in [2.45, 2.75) is 19.9 Å². The molecule has 0 bridgehead atoms. The SMILES string of the molecule is Cc1ccc(C(C)NC/C=C/C(=O)O)cc1. The number of hydrogen-bond acceptors (Lipinski definition) is 2. The van der Waals surface area contributed by atoms with Gasteiger partial charge in [-0.25, -0.2) is 4.79 Å². The molecule has 1 unspecified atom stereocenters. The zero-order valence-electron chi connectivity index (χ0n) is 9.60. The summed E-state index contributed by atoms with van der Waals surface area (Å²) in [5, 5.41) is 11.6. The third-order valence-corrected chi connectivity index (χ3v) is 2.38. The number of carboxylic acids is 1. The molecular formula is C13H17NO2. The topological polar surface area (TPSA) is 49.3 Å². The van der Waals surface area contributed by atoms with Crippen molar-refractivity contribution in [2.75, 3.05) is 6.54 Å². The molecular weight excluding hydrogens is 202 g/mol. The Labute approximate surface area is 95.8 Å². The van der Waals surface area contributed by atoms with Crippen LogP contribution in [0.2, 0.25) is 0 Å². The van der Waals surface area contributed by atoms with Gasteiger partial charge in [0.15, 0.2) is 0 Å². The molecule has 16 heavy (non-hydrogen) atoms. The van der Waals surface area contributed by atoms with Gasteiger partial charge in [0.2, 0.25) is 0 Å². The molecule has 86 valence electrons. The number of rotatable bonds is 5. The van der Waals surface area contributed by atoms with Gasteiger partial charge < -0.3 is 10.4 Å². The fourth-order valence-corrected chi connectivity index (χ4v) is 1.38. The van der Waals surface area contributed by atoms with Gasteiger partial charge in [-0.3, -0.25) is 0 Å². The summed E-state index contributed by atoms with van der Waals surface area (Å²) in [5.41, 5.74) is 2.44. The van der Waals surface area contributed by atoms with Gasteiger partial charge >= 0.3 is 5.97 Å². The van der Waals surface area contributed by atoms with E-state index in [0.29, 0.717) is 6.54 Å². The third kappa shape index (κ3) is 4.28. The minimum Gasteiger partial charge on any atom is -0.478 e. The fraction of sp³-hybridized carbons (Fsp3) is 0.308. The van der Waals surface area contributed by atoms with Crippen LogP contribution in [0.3, 0.4) is 0 Å². The van der Waals surface area contributed by atoms with Gasteiger partial charge in [0, 0.05) is 18.7 Å². The first kappa shape index (κ1) is 12.5. The van der Waals surface area contributed by atoms with E-state index in [1.807, 2.05) is 0 Å². The lowest BCUT2D eigenvalue weighted by atomic mass is 10.1. The molecule has 0 spiro atoms. The van der Waals surface area contributed by atoms with Gasteiger partial charge in [0.25, 0.3) is 0 Å². The van der Waals surface area contributed by atoms with E-state index >= 15 is 0 Å². The maximum atomic E-state index is 10.2. The minimum absolute atomic E-state index is 0.221. The summed E-state index contributed by atoms with van der Waals surface area (Å²) in [4.78, 5) is 10.2. The Morgan fingerprint density at radius 1 is 1.44 bits per heavy atom. The molecule has 0 saturated carbocycles. The van der Waals surface area contributed by atoms with E-state index in [-0.39, 0.29) is 6.04 Å². The van der Waals surface area contributed by atoms with Gasteiger partial charge in [0.05, 0.1) is 0 Å². The second-order valence-electron chi connectivity index (χ2n) is 3.78. The van der Waals surface area contributed by atoms with E-state index in [9.17, 15) is 4.79 Å². The molecule has 0 aliphatic rings. The first-order valence-corrected chi connectivity index (χ1v) is 5.29. The summed E-state index contributed by atoms with van der Waals surface area (Å²) in [5.74, 6) is -0.912. The lowest BCUT2D eigenvalue weighted by Crippen LogP contribution is -2.18. The molecule has 3 heteroatoms. The minimum atomic E-state index is -0.912. The van der Waals surface area contributed by atoms with Gasteiger partial charge in [-0.15, -0.1) is 0 Å². The van der Waals surface area contributed by atoms with E-state index in [1.165, 1.54) is 11.1 Å². The average molecular weight is 219 g/mol. The average Bonchev–Trinajstić information content (AvgIpc) is 2.25. The van der Waals surface area contributed by atoms with Crippen LogP contribution in [0.25, 0.3) is 0 Å². The Bertz CT molecular complexity index is 368. The van der Waals surface area contributed by atoms with Crippen molar-refractivity contribution in [2.24, 2.45) is 0 Å². The molecule has 1 atom stereocenters. The normalized spacial score (nSPS) is 12.9. The number of hydrogen-bond donors (Lipinski definition) is 2. The van der Waals surface area contributed by atoms with Crippen LogP contribution >= 0.6 is 0 Å². The van der Waals surface area contributed by atoms with Gasteiger partial charge in [-0.2, -0.15) is 0 Å². The van der Waals surface area contributed by atoms with E-state index < -0.39 is 5.97 Å². The van der Waals surface area contributed by atoms with Crippen molar-refractivity contribution in [1.29, 1.82) is 0 Å². The summed E-state index contributed by atoms with van der Waals surface area (Å²) in [6, 6.07) is 8.52. The van der Waals surface area contributed by atoms with Gasteiger partial charge in [0.1, 0.15) is 0 Å². The number of carboxylic acid groups (broad SMARTS) is 1. The Kier molecular flexibility index (Phi) is 4.73. The van der Waals surface area contributed by atoms with E-state index in [1.54, 1.807) is 6.08 Å². The first-order chi connectivity index (χ1) is 7.59. The van der Waals surface area contributed by atoms with E-state index in [2.05, 4.69) is 43.4 Å². The summed E-state index contributed by atoms with van der Waals surface area (Å²) in [6.07, 6.45) is 2.75. The Morgan fingerprint density at radius 3 is 2.62 bits per heavy atom. The van der Waals surface area contributed by atoms with Crippen LogP contribution in [0.5, 0.6) is 0 Å². The van der Waals surface area contributed by atoms with Gasteiger partial charge in [-0.1, -0.05) is 35.9 Å². The van der Waals surface area contributed by atoms with Crippen LogP contribution in [-0.4, -0.2) is 17.6 Å². The van der Waals surface area contributed by atoms with Crippen LogP contribution in [0, 0.1) is 6.92 Å². The highest BCUT2D eigenvalue weighted by Crippen LogP contribution is 2.12. The maximum absolute atomic E-state index is 10.2. The lowest BCUT2D eigenvalue weighted by molar-refractivity contribution is -0.131. The standard InChI is InChI=1S/C13H17NO2/c1-10-5-7-12(8-6-10)11(2)14-9-3-4-13(15)16/h3-8,11,14H,9H2,1-2H3,(H,15,16)/b4-3+. The molecule has 0 saturated heterocycles. The van der Waals surface area contributed by atoms with Crippen molar-refractivity contribution in [1.82, 2.24) is 5.32 Å². The summed E-state index contributed by atoms with van der Waals surface area (Å²) < 4.78 is 0. The predicted octanol–water partition coefficient (Wildman–Crippen LogP) is 2.29. The number of aliphatic carboxylic acids is 1. The largest absolute Gasteiger partial charge is 0.478 e. The maximum Gasteiger partial charge on any atom is 0.328 e. The molecule has 0 aliphatic carbocycles. The Hall–Kier alpha value is -1.61. The highest BCUT2D eigenvalue weighted by Gasteiger charge is 2.02. The number of nitrogens with one attached hydrogen (secondary N) is 1. The molecule has 0 amide bonds. The van der Waals surface area contributed by atoms with Crippen molar-refractivity contribution >= 4 is 5.97 Å². The number of benzene rings is 1. The highest BCUT2D eigenvalue weighted by molar-refractivity contribution is 5.79. The van der Waals surface area contributed by atoms with Crippen molar-refractivity contribution in [3.63, 3.8) is 0 Å². The quantitative estimate of drug-likeness (QED) is 0.747. The van der Waals surface area contributed by atoms with E-state index in [4.69, 9.17) is 5.11 Å². The second kappa shape index (κ2) is 6.08. The fourth-order valence-electron chi connectivity index (χ4n) is 1.38. The van der Waals surface area contributed by atoms with Crippen LogP contribution in [-0.2, 0) is 4.79 Å². The molecule has 3 nitrogen and oxygen atoms in total. The molecule has 0 fully saturated rings. The molecule has 1 aromatic rings. The number of aryl methyl sites for hydroxylation is 1. The first-order valence-electron chi connectivity index (χ1n) is 5.29. The summed E-state index contributed by atoms with van der Waals surface area (Å²) in [7, 11) is 0. The van der Waals surface area contributed by atoms with Crippen molar-refractivity contribution in [3.05, 3.63) is 47.5 Å². The highest BCUT2D eigenvalue weighted by atomic mass is 16.4. The zero-order valence-corrected chi connectivity index (χ0v) is 9.60. The molecule has 0 aliphatic heterocycles. The summed E-state index contributed by atoms with van der Waals surface area (Å²) >= 11 is 0. The zero-order chi connectivity index (χ0) is 12.0. The molecule has 2 N–H and O–H groups in total. The smallest absolute Gasteiger partial charge is 0.328 e. The van der Waals surface area contributed by atoms with Crippen LogP contribution < -0.4 is 5.32 Å². The molecule has 0 heterocycles. The predicted molar refractivity (Wildman–Crippen MR) is 64.4 cm³/mol. The van der Waals surface area contributed by atoms with Crippen molar-refractivity contribution < 1.29 is 9.90 Å². The summed E-state index contributed by atoms with van der Waals surface area (Å²) in [6.45, 7) is 4.66. The molecule has 1 aromatic carbocycles. The molecule has 0 radical (unpaired) electrons. The van der Waals surface area contributed by atoms with Gasteiger partial charge in [-0.05, 0) is 19.4 Å². The molecule has 0 aromatic heterocycles. The molecule has 1 rings (SSSR count). The Balaban J connectivity index is 2.43. The van der Waals surface area contributed by atoms with Crippen molar-refractivity contribution in [3.8, 4) is 0 Å². The third-order valence-electron chi connectivity index (χ3n) is 2.38. The lowest BCUT2D eigenvalue weighted by Gasteiger charge is -2.12. The Morgan fingerprint density at radius 2 is 2.06 bits per heavy atom. The second-order valence-corrected chi connectivity index (χ2v) is 3.78. The monoisotopic (exact) mass is 219 g/mol. The van der Waals surface area contributed by atoms with E-state index in [0.717, 1.165) is 6.08 Å². The van der Waals surface area contributed by atoms with Crippen LogP contribution in [0.15, 0.2) is 36.4 Å². The van der Waals surface area contributed by atoms with Crippen LogP contribution in [0.4, 0.5) is 0 Å². The number of carbonyl (C=O) groups is 1. The van der Waals surface area contributed by atoms with Crippen LogP contribution in [0.1, 0.15) is 24.1 Å².